The zero-order valence-corrected chi connectivity index (χ0v) is 16.1. The number of sulfonamides is 1. The van der Waals surface area contributed by atoms with Crippen LogP contribution in [0.2, 0.25) is 0 Å². The third kappa shape index (κ3) is 6.99. The fourth-order valence-corrected chi connectivity index (χ4v) is 3.24. The molecule has 2 aromatic rings. The van der Waals surface area contributed by atoms with Gasteiger partial charge in [-0.15, -0.1) is 0 Å². The monoisotopic (exact) mass is 394 g/mol. The maximum Gasteiger partial charge on any atom is 0.235 e. The molecule has 0 saturated heterocycles. The zero-order valence-electron chi connectivity index (χ0n) is 15.3. The predicted octanol–water partition coefficient (Wildman–Crippen LogP) is 1.95. The van der Waals surface area contributed by atoms with Crippen molar-refractivity contribution in [3.8, 4) is 5.75 Å². The van der Waals surface area contributed by atoms with Crippen molar-refractivity contribution in [1.29, 1.82) is 0 Å². The number of nitrogens with one attached hydrogen (secondary N) is 1. The second-order valence-corrected chi connectivity index (χ2v) is 8.08. The standard InChI is InChI=1S/C19H23FN2O4S/c1-26-18-5-3-4-15(12-18)10-11-22(27(2,24)25)14-19(23)21-13-16-6-8-17(20)9-7-16/h3-9,12H,10-11,13-14H2,1-2H3,(H,21,23). The summed E-state index contributed by atoms with van der Waals surface area (Å²) in [7, 11) is -1.98. The minimum absolute atomic E-state index is 0.177. The quantitative estimate of drug-likeness (QED) is 0.705. The van der Waals surface area contributed by atoms with Crippen LogP contribution in [-0.2, 0) is 27.8 Å². The predicted molar refractivity (Wildman–Crippen MR) is 101 cm³/mol. The first kappa shape index (κ1) is 20.9. The lowest BCUT2D eigenvalue weighted by Crippen LogP contribution is -2.41. The number of hydrogen-bond acceptors (Lipinski definition) is 4. The van der Waals surface area contributed by atoms with Crippen LogP contribution in [-0.4, -0.2) is 45.1 Å². The molecule has 0 unspecified atom stereocenters. The highest BCUT2D eigenvalue weighted by Gasteiger charge is 2.20. The highest BCUT2D eigenvalue weighted by atomic mass is 32.2. The number of hydrogen-bond donors (Lipinski definition) is 1. The SMILES string of the molecule is COc1cccc(CCN(CC(=O)NCc2ccc(F)cc2)S(C)(=O)=O)c1. The number of carbonyl (C=O) groups is 1. The van der Waals surface area contributed by atoms with E-state index in [9.17, 15) is 17.6 Å². The molecule has 0 bridgehead atoms. The summed E-state index contributed by atoms with van der Waals surface area (Å²) in [5.74, 6) is -0.0864. The Balaban J connectivity index is 1.93. The Morgan fingerprint density at radius 3 is 2.48 bits per heavy atom. The number of ether oxygens (including phenoxy) is 1. The highest BCUT2D eigenvalue weighted by Crippen LogP contribution is 2.14. The van der Waals surface area contributed by atoms with Gasteiger partial charge in [-0.05, 0) is 41.8 Å². The van der Waals surface area contributed by atoms with E-state index in [1.807, 2.05) is 18.2 Å². The molecule has 1 amide bonds. The van der Waals surface area contributed by atoms with E-state index in [0.717, 1.165) is 21.7 Å². The highest BCUT2D eigenvalue weighted by molar-refractivity contribution is 7.88. The summed E-state index contributed by atoms with van der Waals surface area (Å²) in [5, 5.41) is 2.65. The van der Waals surface area contributed by atoms with E-state index < -0.39 is 15.9 Å². The van der Waals surface area contributed by atoms with Crippen molar-refractivity contribution in [3.63, 3.8) is 0 Å². The molecule has 0 aliphatic heterocycles. The topological polar surface area (TPSA) is 75.7 Å². The van der Waals surface area contributed by atoms with Crippen molar-refractivity contribution in [2.45, 2.75) is 13.0 Å². The van der Waals surface area contributed by atoms with Crippen LogP contribution >= 0.6 is 0 Å². The molecule has 0 aliphatic carbocycles. The molecule has 0 fully saturated rings. The zero-order chi connectivity index (χ0) is 19.9. The normalized spacial score (nSPS) is 11.4. The molecule has 0 saturated carbocycles. The van der Waals surface area contributed by atoms with Crippen LogP contribution in [0.3, 0.4) is 0 Å². The average Bonchev–Trinajstić information content (AvgIpc) is 2.64. The minimum atomic E-state index is -3.54. The lowest BCUT2D eigenvalue weighted by Gasteiger charge is -2.19. The molecule has 0 heterocycles. The van der Waals surface area contributed by atoms with Gasteiger partial charge in [0.25, 0.3) is 0 Å². The smallest absolute Gasteiger partial charge is 0.235 e. The van der Waals surface area contributed by atoms with E-state index in [0.29, 0.717) is 12.2 Å². The summed E-state index contributed by atoms with van der Waals surface area (Å²) < 4.78 is 43.2. The lowest BCUT2D eigenvalue weighted by atomic mass is 10.1. The molecule has 0 aromatic heterocycles. The second-order valence-electron chi connectivity index (χ2n) is 6.10. The number of benzene rings is 2. The van der Waals surface area contributed by atoms with Crippen molar-refractivity contribution in [2.24, 2.45) is 0 Å². The molecule has 0 radical (unpaired) electrons. The first-order chi connectivity index (χ1) is 12.8. The molecule has 0 aliphatic rings. The van der Waals surface area contributed by atoms with E-state index in [4.69, 9.17) is 4.74 Å². The van der Waals surface area contributed by atoms with Crippen molar-refractivity contribution < 1.29 is 22.3 Å². The van der Waals surface area contributed by atoms with Crippen molar-refractivity contribution in [1.82, 2.24) is 9.62 Å². The Kier molecular flexibility index (Phi) is 7.32. The molecular formula is C19H23FN2O4S. The Morgan fingerprint density at radius 1 is 1.15 bits per heavy atom. The number of amides is 1. The molecule has 6 nitrogen and oxygen atoms in total. The molecule has 0 atom stereocenters. The third-order valence-electron chi connectivity index (χ3n) is 3.98. The molecule has 146 valence electrons. The van der Waals surface area contributed by atoms with Gasteiger partial charge in [-0.3, -0.25) is 4.79 Å². The minimum Gasteiger partial charge on any atom is -0.497 e. The van der Waals surface area contributed by atoms with E-state index in [2.05, 4.69) is 5.32 Å². The lowest BCUT2D eigenvalue weighted by molar-refractivity contribution is -0.121. The first-order valence-electron chi connectivity index (χ1n) is 8.37. The number of rotatable bonds is 9. The van der Waals surface area contributed by atoms with Gasteiger partial charge in [0.15, 0.2) is 0 Å². The molecule has 0 spiro atoms. The van der Waals surface area contributed by atoms with Gasteiger partial charge < -0.3 is 10.1 Å². The number of halogens is 1. The summed E-state index contributed by atoms with van der Waals surface area (Å²) in [4.78, 5) is 12.1. The van der Waals surface area contributed by atoms with Gasteiger partial charge in [-0.25, -0.2) is 12.8 Å². The average molecular weight is 394 g/mol. The van der Waals surface area contributed by atoms with Crippen LogP contribution < -0.4 is 10.1 Å². The summed E-state index contributed by atoms with van der Waals surface area (Å²) >= 11 is 0. The van der Waals surface area contributed by atoms with Gasteiger partial charge in [0.05, 0.1) is 19.9 Å². The summed E-state index contributed by atoms with van der Waals surface area (Å²) in [6.07, 6.45) is 1.53. The van der Waals surface area contributed by atoms with E-state index >= 15 is 0 Å². The second kappa shape index (κ2) is 9.48. The summed E-state index contributed by atoms with van der Waals surface area (Å²) in [5.41, 5.74) is 1.64. The fourth-order valence-electron chi connectivity index (χ4n) is 2.46. The maximum atomic E-state index is 12.9. The van der Waals surface area contributed by atoms with Crippen LogP contribution in [0, 0.1) is 5.82 Å². The molecule has 1 N–H and O–H groups in total. The van der Waals surface area contributed by atoms with Gasteiger partial charge >= 0.3 is 0 Å². The Bertz CT molecular complexity index is 870. The molecule has 27 heavy (non-hydrogen) atoms. The first-order valence-corrected chi connectivity index (χ1v) is 10.2. The van der Waals surface area contributed by atoms with Gasteiger partial charge in [0.2, 0.25) is 15.9 Å². The molecule has 2 aromatic carbocycles. The van der Waals surface area contributed by atoms with Gasteiger partial charge in [0, 0.05) is 13.1 Å². The molecule has 2 rings (SSSR count). The van der Waals surface area contributed by atoms with Crippen LogP contribution in [0.25, 0.3) is 0 Å². The van der Waals surface area contributed by atoms with Crippen molar-refractivity contribution >= 4 is 15.9 Å². The van der Waals surface area contributed by atoms with Gasteiger partial charge in [-0.1, -0.05) is 24.3 Å². The maximum absolute atomic E-state index is 12.9. The van der Waals surface area contributed by atoms with Crippen LogP contribution in [0.5, 0.6) is 5.75 Å². The van der Waals surface area contributed by atoms with Crippen LogP contribution in [0.1, 0.15) is 11.1 Å². The Morgan fingerprint density at radius 2 is 1.85 bits per heavy atom. The largest absolute Gasteiger partial charge is 0.497 e. The number of methoxy groups -OCH3 is 1. The molecular weight excluding hydrogens is 371 g/mol. The molecule has 8 heteroatoms. The van der Waals surface area contributed by atoms with Gasteiger partial charge in [0.1, 0.15) is 11.6 Å². The van der Waals surface area contributed by atoms with Gasteiger partial charge in [-0.2, -0.15) is 4.31 Å². The Labute approximate surface area is 159 Å². The number of carbonyl (C=O) groups excluding carboxylic acids is 1. The Hall–Kier alpha value is -2.45. The van der Waals surface area contributed by atoms with Crippen molar-refractivity contribution in [3.05, 3.63) is 65.5 Å². The fraction of sp³-hybridized carbons (Fsp3) is 0.316. The van der Waals surface area contributed by atoms with Crippen LogP contribution in [0.4, 0.5) is 4.39 Å². The van der Waals surface area contributed by atoms with E-state index in [-0.39, 0.29) is 25.5 Å². The third-order valence-corrected chi connectivity index (χ3v) is 5.23. The van der Waals surface area contributed by atoms with E-state index in [1.165, 1.54) is 12.1 Å². The number of nitrogens with zero attached hydrogens (tertiary/aromatic N) is 1. The summed E-state index contributed by atoms with van der Waals surface area (Å²) in [6.45, 7) is 0.104. The summed E-state index contributed by atoms with van der Waals surface area (Å²) in [6, 6.07) is 13.1. The van der Waals surface area contributed by atoms with Crippen molar-refractivity contribution in [2.75, 3.05) is 26.5 Å². The van der Waals surface area contributed by atoms with E-state index in [1.54, 1.807) is 25.3 Å². The van der Waals surface area contributed by atoms with Crippen LogP contribution in [0.15, 0.2) is 48.5 Å².